The van der Waals surface area contributed by atoms with Gasteiger partial charge in [0, 0.05) is 18.6 Å². The molecule has 0 radical (unpaired) electrons. The Hall–Kier alpha value is -1.36. The van der Waals surface area contributed by atoms with Crippen LogP contribution in [0, 0.1) is 10.1 Å². The van der Waals surface area contributed by atoms with Crippen LogP contribution in [0.4, 0.5) is 5.69 Å². The average Bonchev–Trinajstić information content (AvgIpc) is 2.27. The van der Waals surface area contributed by atoms with E-state index in [1.54, 1.807) is 12.1 Å². The summed E-state index contributed by atoms with van der Waals surface area (Å²) in [6.45, 7) is 1.93. The van der Waals surface area contributed by atoms with Gasteiger partial charge in [-0.15, -0.1) is 0 Å². The summed E-state index contributed by atoms with van der Waals surface area (Å²) in [5.41, 5.74) is 0.910. The zero-order chi connectivity index (χ0) is 12.0. The lowest BCUT2D eigenvalue weighted by molar-refractivity contribution is -0.384. The van der Waals surface area contributed by atoms with E-state index in [9.17, 15) is 14.9 Å². The van der Waals surface area contributed by atoms with E-state index in [4.69, 9.17) is 0 Å². The second-order valence-corrected chi connectivity index (χ2v) is 4.55. The Bertz CT molecular complexity index is 393. The average molecular weight is 239 g/mol. The summed E-state index contributed by atoms with van der Waals surface area (Å²) in [6, 6.07) is 6.41. The van der Waals surface area contributed by atoms with Crippen molar-refractivity contribution in [2.75, 3.05) is 5.75 Å². The van der Waals surface area contributed by atoms with E-state index in [1.807, 2.05) is 6.92 Å². The minimum Gasteiger partial charge on any atom is -0.287 e. The third-order valence-corrected chi connectivity index (χ3v) is 2.86. The molecule has 0 atom stereocenters. The summed E-state index contributed by atoms with van der Waals surface area (Å²) in [5.74, 6) is 0.772. The highest BCUT2D eigenvalue weighted by molar-refractivity contribution is 8.13. The third kappa shape index (κ3) is 4.02. The number of rotatable bonds is 5. The van der Waals surface area contributed by atoms with Gasteiger partial charge in [0.2, 0.25) is 0 Å². The summed E-state index contributed by atoms with van der Waals surface area (Å²) in [5, 5.41) is 10.7. The van der Waals surface area contributed by atoms with E-state index in [2.05, 4.69) is 0 Å². The number of carbonyl (C=O) groups is 1. The second kappa shape index (κ2) is 6.27. The Morgan fingerprint density at radius 1 is 1.50 bits per heavy atom. The standard InChI is InChI=1S/C11H13NO3S/c1-2-16-11(13)7-6-9-4-3-5-10(8-9)12(14)15/h3-5,8H,2,6-7H2,1H3. The Balaban J connectivity index is 2.57. The molecule has 5 heteroatoms. The molecule has 0 fully saturated rings. The van der Waals surface area contributed by atoms with Crippen LogP contribution in [0.5, 0.6) is 0 Å². The zero-order valence-corrected chi connectivity index (χ0v) is 9.83. The number of hydrogen-bond donors (Lipinski definition) is 0. The molecule has 1 aromatic carbocycles. The maximum atomic E-state index is 11.3. The number of nitrogens with zero attached hydrogens (tertiary/aromatic N) is 1. The second-order valence-electron chi connectivity index (χ2n) is 3.23. The van der Waals surface area contributed by atoms with Crippen molar-refractivity contribution in [3.8, 4) is 0 Å². The summed E-state index contributed by atoms with van der Waals surface area (Å²) >= 11 is 1.29. The van der Waals surface area contributed by atoms with Gasteiger partial charge in [-0.3, -0.25) is 14.9 Å². The van der Waals surface area contributed by atoms with E-state index in [1.165, 1.54) is 23.9 Å². The van der Waals surface area contributed by atoms with Crippen molar-refractivity contribution >= 4 is 22.6 Å². The summed E-state index contributed by atoms with van der Waals surface area (Å²) < 4.78 is 0. The van der Waals surface area contributed by atoms with Crippen LogP contribution in [-0.2, 0) is 11.2 Å². The first-order chi connectivity index (χ1) is 7.63. The normalized spacial score (nSPS) is 10.1. The summed E-state index contributed by atoms with van der Waals surface area (Å²) in [6.07, 6.45) is 0.993. The molecule has 0 bridgehead atoms. The highest BCUT2D eigenvalue weighted by atomic mass is 32.2. The van der Waals surface area contributed by atoms with Crippen molar-refractivity contribution in [1.29, 1.82) is 0 Å². The maximum Gasteiger partial charge on any atom is 0.269 e. The van der Waals surface area contributed by atoms with Gasteiger partial charge in [0.15, 0.2) is 5.12 Å². The minimum atomic E-state index is -0.424. The highest BCUT2D eigenvalue weighted by Gasteiger charge is 2.07. The number of carbonyl (C=O) groups excluding carboxylic acids is 1. The molecule has 0 amide bonds. The van der Waals surface area contributed by atoms with Gasteiger partial charge >= 0.3 is 0 Å². The Kier molecular flexibility index (Phi) is 4.98. The lowest BCUT2D eigenvalue weighted by atomic mass is 10.1. The van der Waals surface area contributed by atoms with Crippen molar-refractivity contribution in [3.05, 3.63) is 39.9 Å². The molecular formula is C11H13NO3S. The van der Waals surface area contributed by atoms with E-state index in [-0.39, 0.29) is 10.8 Å². The zero-order valence-electron chi connectivity index (χ0n) is 9.01. The monoisotopic (exact) mass is 239 g/mol. The van der Waals surface area contributed by atoms with Crippen LogP contribution in [0.3, 0.4) is 0 Å². The highest BCUT2D eigenvalue weighted by Crippen LogP contribution is 2.15. The fourth-order valence-corrected chi connectivity index (χ4v) is 1.87. The number of nitro benzene ring substituents is 1. The number of aryl methyl sites for hydroxylation is 1. The summed E-state index contributed by atoms with van der Waals surface area (Å²) in [4.78, 5) is 21.4. The molecular weight excluding hydrogens is 226 g/mol. The quantitative estimate of drug-likeness (QED) is 0.585. The van der Waals surface area contributed by atoms with Crippen LogP contribution in [0.25, 0.3) is 0 Å². The van der Waals surface area contributed by atoms with Gasteiger partial charge in [0.25, 0.3) is 5.69 Å². The van der Waals surface area contributed by atoms with Gasteiger partial charge in [-0.2, -0.15) is 0 Å². The maximum absolute atomic E-state index is 11.3. The van der Waals surface area contributed by atoms with Crippen molar-refractivity contribution in [2.45, 2.75) is 19.8 Å². The van der Waals surface area contributed by atoms with Crippen LogP contribution in [-0.4, -0.2) is 15.8 Å². The van der Waals surface area contributed by atoms with Gasteiger partial charge in [-0.25, -0.2) is 0 Å². The van der Waals surface area contributed by atoms with Crippen molar-refractivity contribution in [2.24, 2.45) is 0 Å². The number of benzene rings is 1. The number of thioether (sulfide) groups is 1. The fraction of sp³-hybridized carbons (Fsp3) is 0.364. The van der Waals surface area contributed by atoms with Crippen LogP contribution in [0.1, 0.15) is 18.9 Å². The van der Waals surface area contributed by atoms with Crippen LogP contribution < -0.4 is 0 Å². The van der Waals surface area contributed by atoms with E-state index in [0.717, 1.165) is 11.3 Å². The van der Waals surface area contributed by atoms with Gasteiger partial charge in [-0.1, -0.05) is 30.8 Å². The molecule has 0 spiro atoms. The molecule has 86 valence electrons. The molecule has 0 N–H and O–H groups in total. The molecule has 0 aliphatic carbocycles. The van der Waals surface area contributed by atoms with Crippen molar-refractivity contribution in [1.82, 2.24) is 0 Å². The number of nitro groups is 1. The van der Waals surface area contributed by atoms with Crippen molar-refractivity contribution in [3.63, 3.8) is 0 Å². The minimum absolute atomic E-state index is 0.0769. The van der Waals surface area contributed by atoms with Gasteiger partial charge in [-0.05, 0) is 17.7 Å². The predicted molar refractivity (Wildman–Crippen MR) is 64.6 cm³/mol. The van der Waals surface area contributed by atoms with Crippen LogP contribution >= 0.6 is 11.8 Å². The lowest BCUT2D eigenvalue weighted by Crippen LogP contribution is -1.96. The smallest absolute Gasteiger partial charge is 0.269 e. The lowest BCUT2D eigenvalue weighted by Gasteiger charge is -2.00. The van der Waals surface area contributed by atoms with Gasteiger partial charge in [0.05, 0.1) is 4.92 Å². The first kappa shape index (κ1) is 12.7. The van der Waals surface area contributed by atoms with E-state index >= 15 is 0 Å². The van der Waals surface area contributed by atoms with Crippen LogP contribution in [0.2, 0.25) is 0 Å². The topological polar surface area (TPSA) is 60.2 Å². The van der Waals surface area contributed by atoms with Gasteiger partial charge in [0.1, 0.15) is 0 Å². The molecule has 1 aromatic rings. The SMILES string of the molecule is CCSC(=O)CCc1cccc([N+](=O)[O-])c1. The molecule has 16 heavy (non-hydrogen) atoms. The van der Waals surface area contributed by atoms with E-state index < -0.39 is 4.92 Å². The molecule has 0 aliphatic rings. The molecule has 0 heterocycles. The third-order valence-electron chi connectivity index (χ3n) is 2.04. The first-order valence-electron chi connectivity index (χ1n) is 5.02. The Labute approximate surface area is 98.2 Å². The fourth-order valence-electron chi connectivity index (χ4n) is 1.31. The molecule has 0 saturated heterocycles. The Morgan fingerprint density at radius 3 is 2.88 bits per heavy atom. The molecule has 1 rings (SSSR count). The van der Waals surface area contributed by atoms with E-state index in [0.29, 0.717) is 12.8 Å². The molecule has 0 unspecified atom stereocenters. The molecule has 4 nitrogen and oxygen atoms in total. The molecule has 0 saturated carbocycles. The number of hydrogen-bond acceptors (Lipinski definition) is 4. The van der Waals surface area contributed by atoms with Crippen LogP contribution in [0.15, 0.2) is 24.3 Å². The molecule has 0 aromatic heterocycles. The largest absolute Gasteiger partial charge is 0.287 e. The number of non-ortho nitro benzene ring substituents is 1. The molecule has 0 aliphatic heterocycles. The van der Waals surface area contributed by atoms with Gasteiger partial charge < -0.3 is 0 Å². The summed E-state index contributed by atoms with van der Waals surface area (Å²) in [7, 11) is 0. The Morgan fingerprint density at radius 2 is 2.25 bits per heavy atom. The first-order valence-corrected chi connectivity index (χ1v) is 6.01. The van der Waals surface area contributed by atoms with Crippen molar-refractivity contribution < 1.29 is 9.72 Å². The predicted octanol–water partition coefficient (Wildman–Crippen LogP) is 2.81.